The number of fused-ring (bicyclic) bond motifs is 1. The lowest BCUT2D eigenvalue weighted by molar-refractivity contribution is 0.0582. The number of hydrogen-bond acceptors (Lipinski definition) is 3. The fourth-order valence-electron chi connectivity index (χ4n) is 2.27. The van der Waals surface area contributed by atoms with Gasteiger partial charge in [0.25, 0.3) is 0 Å². The van der Waals surface area contributed by atoms with Gasteiger partial charge < -0.3 is 4.74 Å². The Hall–Kier alpha value is -2.02. The summed E-state index contributed by atoms with van der Waals surface area (Å²) in [5, 5.41) is 8.88. The number of rotatable bonds is 1. The lowest BCUT2D eigenvalue weighted by Crippen LogP contribution is -2.36. The van der Waals surface area contributed by atoms with Crippen molar-refractivity contribution in [1.82, 2.24) is 0 Å². The third kappa shape index (κ3) is 2.87. The molecule has 1 aromatic rings. The summed E-state index contributed by atoms with van der Waals surface area (Å²) in [6.45, 7) is 6.06. The van der Waals surface area contributed by atoms with Gasteiger partial charge in [-0.15, -0.1) is 0 Å². The van der Waals surface area contributed by atoms with Gasteiger partial charge in [0, 0.05) is 18.9 Å². The maximum atomic E-state index is 12.2. The van der Waals surface area contributed by atoms with Crippen LogP contribution < -0.4 is 4.90 Å². The van der Waals surface area contributed by atoms with Crippen molar-refractivity contribution in [3.8, 4) is 6.07 Å². The molecule has 1 unspecified atom stereocenters. The zero-order valence-electron chi connectivity index (χ0n) is 11.5. The summed E-state index contributed by atoms with van der Waals surface area (Å²) in [6, 6.07) is 9.88. The minimum absolute atomic E-state index is 0.0775. The van der Waals surface area contributed by atoms with E-state index in [0.29, 0.717) is 13.0 Å². The molecule has 2 rings (SSSR count). The highest BCUT2D eigenvalue weighted by Gasteiger charge is 2.34. The van der Waals surface area contributed by atoms with Crippen LogP contribution in [-0.4, -0.2) is 18.2 Å². The van der Waals surface area contributed by atoms with Crippen molar-refractivity contribution in [3.63, 3.8) is 0 Å². The largest absolute Gasteiger partial charge is 0.443 e. The number of nitriles is 1. The smallest absolute Gasteiger partial charge is 0.414 e. The van der Waals surface area contributed by atoms with Gasteiger partial charge in [0.1, 0.15) is 5.60 Å². The van der Waals surface area contributed by atoms with Crippen LogP contribution in [0.4, 0.5) is 10.5 Å². The van der Waals surface area contributed by atoms with E-state index in [0.717, 1.165) is 11.3 Å². The average molecular weight is 258 g/mol. The maximum Gasteiger partial charge on any atom is 0.414 e. The van der Waals surface area contributed by atoms with E-state index in [4.69, 9.17) is 10.00 Å². The van der Waals surface area contributed by atoms with Crippen LogP contribution in [0.3, 0.4) is 0 Å². The molecule has 19 heavy (non-hydrogen) atoms. The van der Waals surface area contributed by atoms with Crippen LogP contribution in [-0.2, 0) is 4.74 Å². The van der Waals surface area contributed by atoms with Gasteiger partial charge in [0.2, 0.25) is 0 Å². The Balaban J connectivity index is 2.25. The molecule has 100 valence electrons. The van der Waals surface area contributed by atoms with Crippen molar-refractivity contribution < 1.29 is 9.53 Å². The van der Waals surface area contributed by atoms with Crippen LogP contribution in [0.25, 0.3) is 0 Å². The van der Waals surface area contributed by atoms with Gasteiger partial charge in [0.15, 0.2) is 0 Å². The Morgan fingerprint density at radius 3 is 2.79 bits per heavy atom. The number of benzene rings is 1. The third-order valence-corrected chi connectivity index (χ3v) is 3.02. The van der Waals surface area contributed by atoms with Crippen LogP contribution >= 0.6 is 0 Å². The van der Waals surface area contributed by atoms with E-state index >= 15 is 0 Å². The number of carbonyl (C=O) groups excluding carboxylic acids is 1. The summed E-state index contributed by atoms with van der Waals surface area (Å²) in [7, 11) is 0. The molecule has 0 spiro atoms. The first-order valence-corrected chi connectivity index (χ1v) is 6.39. The topological polar surface area (TPSA) is 53.3 Å². The molecule has 0 aliphatic carbocycles. The zero-order chi connectivity index (χ0) is 14.0. The highest BCUT2D eigenvalue weighted by Crippen LogP contribution is 2.38. The van der Waals surface area contributed by atoms with E-state index in [2.05, 4.69) is 6.07 Å². The number of para-hydroxylation sites is 1. The number of amides is 1. The molecule has 4 heteroatoms. The fraction of sp³-hybridized carbons (Fsp3) is 0.467. The van der Waals surface area contributed by atoms with Crippen molar-refractivity contribution in [2.45, 2.75) is 38.7 Å². The molecule has 1 aliphatic rings. The first-order chi connectivity index (χ1) is 8.92. The predicted octanol–water partition coefficient (Wildman–Crippen LogP) is 3.44. The average Bonchev–Trinajstić information content (AvgIpc) is 2.67. The van der Waals surface area contributed by atoms with Crippen molar-refractivity contribution in [2.75, 3.05) is 11.4 Å². The molecule has 0 N–H and O–H groups in total. The molecule has 0 saturated heterocycles. The number of anilines is 1. The van der Waals surface area contributed by atoms with E-state index in [1.165, 1.54) is 0 Å². The molecule has 1 atom stereocenters. The molecule has 0 fully saturated rings. The van der Waals surface area contributed by atoms with Gasteiger partial charge in [-0.3, -0.25) is 4.90 Å². The summed E-state index contributed by atoms with van der Waals surface area (Å²) in [5.74, 6) is 0.0775. The van der Waals surface area contributed by atoms with Gasteiger partial charge in [-0.25, -0.2) is 4.79 Å². The van der Waals surface area contributed by atoms with Gasteiger partial charge in [-0.05, 0) is 32.4 Å². The standard InChI is InChI=1S/C15H18N2O2/c1-15(2,3)19-14(18)17-10-11(8-9-16)12-6-4-5-7-13(12)17/h4-7,11H,8,10H2,1-3H3. The molecule has 0 bridgehead atoms. The lowest BCUT2D eigenvalue weighted by atomic mass is 9.99. The molecular formula is C15H18N2O2. The monoisotopic (exact) mass is 258 g/mol. The molecule has 1 aliphatic heterocycles. The van der Waals surface area contributed by atoms with E-state index in [1.807, 2.05) is 45.0 Å². The molecular weight excluding hydrogens is 240 g/mol. The maximum absolute atomic E-state index is 12.2. The number of ether oxygens (including phenoxy) is 1. The fourth-order valence-corrected chi connectivity index (χ4v) is 2.27. The van der Waals surface area contributed by atoms with Gasteiger partial charge in [0.05, 0.1) is 11.8 Å². The van der Waals surface area contributed by atoms with E-state index in [-0.39, 0.29) is 12.0 Å². The highest BCUT2D eigenvalue weighted by atomic mass is 16.6. The van der Waals surface area contributed by atoms with Gasteiger partial charge in [-0.2, -0.15) is 5.26 Å². The van der Waals surface area contributed by atoms with Crippen molar-refractivity contribution in [2.24, 2.45) is 0 Å². The second-order valence-electron chi connectivity index (χ2n) is 5.71. The Bertz CT molecular complexity index is 526. The third-order valence-electron chi connectivity index (χ3n) is 3.02. The van der Waals surface area contributed by atoms with Crippen LogP contribution in [0.2, 0.25) is 0 Å². The van der Waals surface area contributed by atoms with Crippen molar-refractivity contribution in [1.29, 1.82) is 5.26 Å². The summed E-state index contributed by atoms with van der Waals surface area (Å²) in [6.07, 6.45) is 0.0661. The van der Waals surface area contributed by atoms with Crippen LogP contribution in [0.5, 0.6) is 0 Å². The predicted molar refractivity (Wildman–Crippen MR) is 73.0 cm³/mol. The van der Waals surface area contributed by atoms with E-state index in [1.54, 1.807) is 4.90 Å². The lowest BCUT2D eigenvalue weighted by Gasteiger charge is -2.25. The number of hydrogen-bond donors (Lipinski definition) is 0. The van der Waals surface area contributed by atoms with Crippen LogP contribution in [0, 0.1) is 11.3 Å². The quantitative estimate of drug-likeness (QED) is 0.775. The SMILES string of the molecule is CC(C)(C)OC(=O)N1CC(CC#N)c2ccccc21. The van der Waals surface area contributed by atoms with E-state index in [9.17, 15) is 4.79 Å². The Morgan fingerprint density at radius 2 is 2.16 bits per heavy atom. The van der Waals surface area contributed by atoms with Crippen molar-refractivity contribution in [3.05, 3.63) is 29.8 Å². The van der Waals surface area contributed by atoms with Crippen LogP contribution in [0.1, 0.15) is 38.7 Å². The minimum atomic E-state index is -0.515. The summed E-state index contributed by atoms with van der Waals surface area (Å²) in [5.41, 5.74) is 1.39. The Kier molecular flexibility index (Phi) is 3.48. The molecule has 0 saturated carbocycles. The first-order valence-electron chi connectivity index (χ1n) is 6.39. The number of carbonyl (C=O) groups is 1. The normalized spacial score (nSPS) is 17.8. The van der Waals surface area contributed by atoms with Crippen LogP contribution in [0.15, 0.2) is 24.3 Å². The Morgan fingerprint density at radius 1 is 1.47 bits per heavy atom. The highest BCUT2D eigenvalue weighted by molar-refractivity contribution is 5.91. The molecule has 0 aromatic heterocycles. The van der Waals surface area contributed by atoms with E-state index < -0.39 is 5.60 Å². The summed E-state index contributed by atoms with van der Waals surface area (Å²) >= 11 is 0. The Labute approximate surface area is 113 Å². The molecule has 1 amide bonds. The number of nitrogens with zero attached hydrogens (tertiary/aromatic N) is 2. The molecule has 4 nitrogen and oxygen atoms in total. The van der Waals surface area contributed by atoms with Crippen molar-refractivity contribution >= 4 is 11.8 Å². The minimum Gasteiger partial charge on any atom is -0.443 e. The summed E-state index contributed by atoms with van der Waals surface area (Å²) < 4.78 is 5.41. The molecule has 1 heterocycles. The first kappa shape index (κ1) is 13.4. The molecule has 1 aromatic carbocycles. The summed E-state index contributed by atoms with van der Waals surface area (Å²) in [4.78, 5) is 13.8. The second-order valence-corrected chi connectivity index (χ2v) is 5.71. The second kappa shape index (κ2) is 4.93. The van der Waals surface area contributed by atoms with Gasteiger partial charge >= 0.3 is 6.09 Å². The van der Waals surface area contributed by atoms with Gasteiger partial charge in [-0.1, -0.05) is 18.2 Å². The zero-order valence-corrected chi connectivity index (χ0v) is 11.5. The molecule has 0 radical (unpaired) electrons.